The molecule has 180 valence electrons. The molecule has 2 heterocycles. The Morgan fingerprint density at radius 1 is 1.17 bits per heavy atom. The van der Waals surface area contributed by atoms with Gasteiger partial charge in [-0.25, -0.2) is 4.98 Å². The normalized spacial score (nSPS) is 13.9. The van der Waals surface area contributed by atoms with Crippen LogP contribution in [0.15, 0.2) is 52.6 Å². The fourth-order valence-electron chi connectivity index (χ4n) is 4.20. The fraction of sp³-hybridized carbons (Fsp3) is 0.269. The van der Waals surface area contributed by atoms with Crippen LogP contribution < -0.4 is 16.6 Å². The van der Waals surface area contributed by atoms with Gasteiger partial charge in [0, 0.05) is 19.6 Å². The molecule has 0 saturated heterocycles. The van der Waals surface area contributed by atoms with E-state index in [1.807, 2.05) is 38.1 Å². The molecule has 1 amide bonds. The summed E-state index contributed by atoms with van der Waals surface area (Å²) in [6.07, 6.45) is 1.77. The summed E-state index contributed by atoms with van der Waals surface area (Å²) in [7, 11) is 0. The first-order chi connectivity index (χ1) is 16.8. The maximum atomic E-state index is 12.7. The number of hydrogen-bond acceptors (Lipinski definition) is 7. The van der Waals surface area contributed by atoms with Gasteiger partial charge in [0.05, 0.1) is 16.6 Å². The molecule has 4 rings (SSSR count). The number of carbonyl (C=O) groups excluding carboxylic acids is 3. The minimum absolute atomic E-state index is 0.0472. The monoisotopic (exact) mass is 473 g/mol. The van der Waals surface area contributed by atoms with Crippen LogP contribution in [-0.2, 0) is 29.1 Å². The molecule has 0 radical (unpaired) electrons. The molecular formula is C26H27N5O4. The van der Waals surface area contributed by atoms with Crippen molar-refractivity contribution in [3.8, 4) is 0 Å². The zero-order valence-corrected chi connectivity index (χ0v) is 19.6. The molecule has 1 aliphatic heterocycles. The molecule has 2 aromatic carbocycles. The molecule has 0 bridgehead atoms. The minimum Gasteiger partial charge on any atom is -0.394 e. The summed E-state index contributed by atoms with van der Waals surface area (Å²) < 4.78 is 0. The Hall–Kier alpha value is -4.27. The number of aromatic amines is 1. The number of aldehydes is 2. The number of rotatable bonds is 7. The number of hydrogen-bond donors (Lipinski definition) is 3. The molecule has 9 heteroatoms. The van der Waals surface area contributed by atoms with Gasteiger partial charge in [-0.15, -0.1) is 0 Å². The molecule has 0 atom stereocenters. The Balaban J connectivity index is 1.49. The predicted octanol–water partition coefficient (Wildman–Crippen LogP) is 1.90. The smallest absolute Gasteiger partial charge is 0.287 e. The van der Waals surface area contributed by atoms with E-state index in [2.05, 4.69) is 15.3 Å². The van der Waals surface area contributed by atoms with Gasteiger partial charge in [-0.1, -0.05) is 38.1 Å². The van der Waals surface area contributed by atoms with E-state index in [-0.39, 0.29) is 35.2 Å². The molecule has 1 aromatic heterocycles. The number of benzene rings is 2. The van der Waals surface area contributed by atoms with Gasteiger partial charge in [0.2, 0.25) is 0 Å². The van der Waals surface area contributed by atoms with Crippen LogP contribution in [0.5, 0.6) is 0 Å². The van der Waals surface area contributed by atoms with Crippen LogP contribution in [-0.4, -0.2) is 39.9 Å². The average Bonchev–Trinajstić information content (AvgIpc) is 2.86. The zero-order chi connectivity index (χ0) is 25.1. The highest BCUT2D eigenvalue weighted by Crippen LogP contribution is 2.23. The molecule has 0 aliphatic carbocycles. The second-order valence-corrected chi connectivity index (χ2v) is 8.88. The van der Waals surface area contributed by atoms with E-state index in [1.165, 1.54) is 0 Å². The summed E-state index contributed by atoms with van der Waals surface area (Å²) in [4.78, 5) is 56.4. The highest BCUT2D eigenvalue weighted by Gasteiger charge is 2.20. The molecule has 35 heavy (non-hydrogen) atoms. The lowest BCUT2D eigenvalue weighted by atomic mass is 9.97. The Bertz CT molecular complexity index is 1410. The molecule has 0 saturated carbocycles. The quantitative estimate of drug-likeness (QED) is 0.352. The highest BCUT2D eigenvalue weighted by atomic mass is 16.2. The van der Waals surface area contributed by atoms with E-state index >= 15 is 0 Å². The summed E-state index contributed by atoms with van der Waals surface area (Å²) in [5.74, 6) is -0.260. The molecular weight excluding hydrogens is 446 g/mol. The Labute approximate surface area is 202 Å². The van der Waals surface area contributed by atoms with Gasteiger partial charge in [0.25, 0.3) is 11.5 Å². The van der Waals surface area contributed by atoms with Crippen molar-refractivity contribution in [3.05, 3.63) is 86.2 Å². The zero-order valence-electron chi connectivity index (χ0n) is 19.6. The van der Waals surface area contributed by atoms with E-state index in [0.29, 0.717) is 43.0 Å². The van der Waals surface area contributed by atoms with Gasteiger partial charge in [0.1, 0.15) is 5.70 Å². The third kappa shape index (κ3) is 4.98. The molecule has 0 unspecified atom stereocenters. The number of nitrogens with zero attached hydrogens (tertiary/aromatic N) is 2. The fourth-order valence-corrected chi connectivity index (χ4v) is 4.20. The predicted molar refractivity (Wildman–Crippen MR) is 132 cm³/mol. The van der Waals surface area contributed by atoms with Crippen molar-refractivity contribution in [2.24, 2.45) is 5.73 Å². The number of fused-ring (bicyclic) bond motifs is 2. The maximum absolute atomic E-state index is 12.7. The molecule has 0 spiro atoms. The summed E-state index contributed by atoms with van der Waals surface area (Å²) in [6, 6.07) is 11.3. The standard InChI is InChI=1S/C26H27N5O4/c1-15(2)18-5-6-22-20(10-18)25(34)30-24(29-22)26(35)28-11-16-3-4-17-7-8-31(12-19(17)9-16)23(14-33)21(27)13-32/h3-6,9-10,13-15H,7-8,11-12,27H2,1-2H3,(H,28,35)(H,29,30,34)/b23-21-. The first-order valence-corrected chi connectivity index (χ1v) is 11.4. The van der Waals surface area contributed by atoms with Crippen molar-refractivity contribution in [2.45, 2.75) is 39.3 Å². The highest BCUT2D eigenvalue weighted by molar-refractivity contribution is 5.92. The number of H-pyrrole nitrogens is 1. The van der Waals surface area contributed by atoms with Crippen molar-refractivity contribution < 1.29 is 14.4 Å². The van der Waals surface area contributed by atoms with E-state index < -0.39 is 5.91 Å². The molecule has 9 nitrogen and oxygen atoms in total. The van der Waals surface area contributed by atoms with Crippen molar-refractivity contribution in [3.63, 3.8) is 0 Å². The van der Waals surface area contributed by atoms with E-state index in [9.17, 15) is 19.2 Å². The van der Waals surface area contributed by atoms with Gasteiger partial charge >= 0.3 is 0 Å². The van der Waals surface area contributed by atoms with Gasteiger partial charge in [-0.05, 0) is 46.7 Å². The summed E-state index contributed by atoms with van der Waals surface area (Å²) >= 11 is 0. The topological polar surface area (TPSA) is 138 Å². The second-order valence-electron chi connectivity index (χ2n) is 8.88. The van der Waals surface area contributed by atoms with Gasteiger partial charge in [0.15, 0.2) is 18.4 Å². The van der Waals surface area contributed by atoms with Crippen molar-refractivity contribution in [1.29, 1.82) is 0 Å². The Morgan fingerprint density at radius 3 is 2.69 bits per heavy atom. The first kappa shape index (κ1) is 23.9. The molecule has 4 N–H and O–H groups in total. The second kappa shape index (κ2) is 9.92. The molecule has 3 aromatic rings. The summed E-state index contributed by atoms with van der Waals surface area (Å²) in [5.41, 5.74) is 9.86. The average molecular weight is 474 g/mol. The van der Waals surface area contributed by atoms with E-state index in [1.54, 1.807) is 17.0 Å². The van der Waals surface area contributed by atoms with Gasteiger partial charge in [-0.2, -0.15) is 0 Å². The number of carbonyl (C=O) groups is 3. The third-order valence-electron chi connectivity index (χ3n) is 6.22. The van der Waals surface area contributed by atoms with Crippen LogP contribution in [0.2, 0.25) is 0 Å². The van der Waals surface area contributed by atoms with E-state index in [0.717, 1.165) is 22.3 Å². The van der Waals surface area contributed by atoms with Crippen LogP contribution in [0.25, 0.3) is 10.9 Å². The van der Waals surface area contributed by atoms with E-state index in [4.69, 9.17) is 5.73 Å². The molecule has 1 aliphatic rings. The maximum Gasteiger partial charge on any atom is 0.287 e. The number of nitrogens with two attached hydrogens (primary N) is 1. The van der Waals surface area contributed by atoms with Crippen molar-refractivity contribution >= 4 is 29.4 Å². The number of aromatic nitrogens is 2. The molecule has 0 fully saturated rings. The van der Waals surface area contributed by atoms with Crippen LogP contribution in [0, 0.1) is 0 Å². The lowest BCUT2D eigenvalue weighted by Gasteiger charge is -2.31. The van der Waals surface area contributed by atoms with Crippen LogP contribution >= 0.6 is 0 Å². The third-order valence-corrected chi connectivity index (χ3v) is 6.22. The summed E-state index contributed by atoms with van der Waals surface area (Å²) in [5, 5.41) is 3.25. The van der Waals surface area contributed by atoms with Gasteiger partial charge < -0.3 is 20.9 Å². The Morgan fingerprint density at radius 2 is 1.97 bits per heavy atom. The largest absolute Gasteiger partial charge is 0.394 e. The number of nitrogens with one attached hydrogen (secondary N) is 2. The lowest BCUT2D eigenvalue weighted by molar-refractivity contribution is -0.108. The number of amides is 1. The van der Waals surface area contributed by atoms with Crippen LogP contribution in [0.3, 0.4) is 0 Å². The van der Waals surface area contributed by atoms with Gasteiger partial charge in [-0.3, -0.25) is 19.2 Å². The van der Waals surface area contributed by atoms with Crippen molar-refractivity contribution in [1.82, 2.24) is 20.2 Å². The van der Waals surface area contributed by atoms with Crippen molar-refractivity contribution in [2.75, 3.05) is 6.54 Å². The first-order valence-electron chi connectivity index (χ1n) is 11.4. The number of allylic oxidation sites excluding steroid dienone is 2. The van der Waals surface area contributed by atoms with Crippen LogP contribution in [0.1, 0.15) is 52.6 Å². The SMILES string of the molecule is CC(C)c1ccc2nc(C(=O)NCc3ccc4c(c3)CN(/C(C=O)=C(\N)C=O)CC4)[nH]c(=O)c2c1. The van der Waals surface area contributed by atoms with Crippen LogP contribution in [0.4, 0.5) is 0 Å². The minimum atomic E-state index is -0.485. The lowest BCUT2D eigenvalue weighted by Crippen LogP contribution is -2.33. The summed E-state index contributed by atoms with van der Waals surface area (Å²) in [6.45, 7) is 5.32. The Kier molecular flexibility index (Phi) is 6.77.